The molecule has 0 aromatic heterocycles. The van der Waals surface area contributed by atoms with Crippen molar-refractivity contribution in [3.63, 3.8) is 0 Å². The molecule has 0 radical (unpaired) electrons. The topological polar surface area (TPSA) is 46.6 Å². The first-order valence-corrected chi connectivity index (χ1v) is 7.38. The molecule has 1 rings (SSSR count). The van der Waals surface area contributed by atoms with Crippen molar-refractivity contribution < 1.29 is 14.4 Å². The van der Waals surface area contributed by atoms with Crippen LogP contribution < -0.4 is 0 Å². The summed E-state index contributed by atoms with van der Waals surface area (Å²) < 4.78 is 0. The van der Waals surface area contributed by atoms with Crippen LogP contribution in [-0.2, 0) is 14.4 Å². The number of carbonyl (C=O) groups excluding carboxylic acids is 2. The van der Waals surface area contributed by atoms with E-state index in [1.807, 2.05) is 20.8 Å². The maximum Gasteiger partial charge on any atom is 0.330 e. The standard InChI is InChI=1S/C13H23NO3S/c1-10(15)18-9-11-5-7-14(8-6-11)17-12(16)13(2,3)4/h11H,5-9H2,1-4H3. The lowest BCUT2D eigenvalue weighted by molar-refractivity contribution is -0.205. The van der Waals surface area contributed by atoms with Gasteiger partial charge in [-0.3, -0.25) is 4.79 Å². The second kappa shape index (κ2) is 6.57. The van der Waals surface area contributed by atoms with Crippen molar-refractivity contribution in [1.82, 2.24) is 5.06 Å². The van der Waals surface area contributed by atoms with Crippen LogP contribution in [-0.4, -0.2) is 35.0 Å². The van der Waals surface area contributed by atoms with E-state index in [0.29, 0.717) is 5.92 Å². The molecule has 1 saturated heterocycles. The number of rotatable bonds is 3. The van der Waals surface area contributed by atoms with Crippen LogP contribution in [0.2, 0.25) is 0 Å². The Morgan fingerprint density at radius 3 is 2.28 bits per heavy atom. The molecule has 5 heteroatoms. The van der Waals surface area contributed by atoms with Crippen LogP contribution >= 0.6 is 11.8 Å². The Bertz CT molecular complexity index is 304. The molecule has 18 heavy (non-hydrogen) atoms. The Balaban J connectivity index is 2.27. The molecule has 1 aliphatic rings. The summed E-state index contributed by atoms with van der Waals surface area (Å²) in [6, 6.07) is 0. The van der Waals surface area contributed by atoms with Crippen LogP contribution in [0.15, 0.2) is 0 Å². The van der Waals surface area contributed by atoms with Crippen LogP contribution in [0.1, 0.15) is 40.5 Å². The minimum atomic E-state index is -0.457. The summed E-state index contributed by atoms with van der Waals surface area (Å²) in [4.78, 5) is 28.0. The minimum absolute atomic E-state index is 0.177. The van der Waals surface area contributed by atoms with Crippen LogP contribution in [0, 0.1) is 11.3 Å². The van der Waals surface area contributed by atoms with E-state index in [4.69, 9.17) is 4.84 Å². The summed E-state index contributed by atoms with van der Waals surface area (Å²) in [7, 11) is 0. The number of piperidine rings is 1. The zero-order chi connectivity index (χ0) is 13.8. The van der Waals surface area contributed by atoms with Crippen molar-refractivity contribution in [2.24, 2.45) is 11.3 Å². The van der Waals surface area contributed by atoms with E-state index in [1.54, 1.807) is 12.0 Å². The monoisotopic (exact) mass is 273 g/mol. The summed E-state index contributed by atoms with van der Waals surface area (Å²) >= 11 is 1.39. The van der Waals surface area contributed by atoms with Gasteiger partial charge in [-0.15, -0.1) is 5.06 Å². The van der Waals surface area contributed by atoms with Gasteiger partial charge >= 0.3 is 5.97 Å². The van der Waals surface area contributed by atoms with Crippen LogP contribution in [0.3, 0.4) is 0 Å². The van der Waals surface area contributed by atoms with Crippen molar-refractivity contribution in [2.45, 2.75) is 40.5 Å². The third-order valence-electron chi connectivity index (χ3n) is 2.92. The highest BCUT2D eigenvalue weighted by atomic mass is 32.2. The first kappa shape index (κ1) is 15.5. The van der Waals surface area contributed by atoms with Gasteiger partial charge in [0.15, 0.2) is 5.12 Å². The summed E-state index contributed by atoms with van der Waals surface area (Å²) in [5.41, 5.74) is -0.457. The molecule has 0 bridgehead atoms. The van der Waals surface area contributed by atoms with E-state index < -0.39 is 5.41 Å². The molecule has 104 valence electrons. The van der Waals surface area contributed by atoms with Crippen molar-refractivity contribution >= 4 is 22.8 Å². The SMILES string of the molecule is CC(=O)SCC1CCN(OC(=O)C(C)(C)C)CC1. The fourth-order valence-electron chi connectivity index (χ4n) is 1.66. The van der Waals surface area contributed by atoms with Crippen molar-refractivity contribution in [2.75, 3.05) is 18.8 Å². The van der Waals surface area contributed by atoms with Gasteiger partial charge in [-0.05, 0) is 39.5 Å². The van der Waals surface area contributed by atoms with Crippen molar-refractivity contribution in [1.29, 1.82) is 0 Å². The molecule has 0 saturated carbocycles. The molecular formula is C13H23NO3S. The van der Waals surface area contributed by atoms with Gasteiger partial charge in [-0.2, -0.15) is 0 Å². The van der Waals surface area contributed by atoms with Crippen LogP contribution in [0.25, 0.3) is 0 Å². The molecular weight excluding hydrogens is 250 g/mol. The number of hydrogen-bond donors (Lipinski definition) is 0. The summed E-state index contributed by atoms with van der Waals surface area (Å²) in [6.45, 7) is 8.70. The maximum absolute atomic E-state index is 11.7. The van der Waals surface area contributed by atoms with Gasteiger partial charge in [0.1, 0.15) is 0 Å². The van der Waals surface area contributed by atoms with Gasteiger partial charge in [0.2, 0.25) is 0 Å². The molecule has 0 N–H and O–H groups in total. The second-order valence-electron chi connectivity index (χ2n) is 5.80. The van der Waals surface area contributed by atoms with Crippen molar-refractivity contribution in [3.8, 4) is 0 Å². The predicted octanol–water partition coefficient (Wildman–Crippen LogP) is 2.48. The highest BCUT2D eigenvalue weighted by molar-refractivity contribution is 8.13. The molecule has 1 fully saturated rings. The Kier molecular flexibility index (Phi) is 5.66. The number of hydrogen-bond acceptors (Lipinski definition) is 5. The highest BCUT2D eigenvalue weighted by Gasteiger charge is 2.28. The number of nitrogens with zero attached hydrogens (tertiary/aromatic N) is 1. The van der Waals surface area contributed by atoms with E-state index in [1.165, 1.54) is 11.8 Å². The van der Waals surface area contributed by atoms with Gasteiger partial charge in [-0.25, -0.2) is 4.79 Å². The number of thioether (sulfide) groups is 1. The van der Waals surface area contributed by atoms with Gasteiger partial charge in [0, 0.05) is 25.8 Å². The summed E-state index contributed by atoms with van der Waals surface area (Å²) in [5, 5.41) is 1.93. The zero-order valence-corrected chi connectivity index (χ0v) is 12.5. The predicted molar refractivity (Wildman–Crippen MR) is 73.0 cm³/mol. The number of carbonyl (C=O) groups is 2. The maximum atomic E-state index is 11.7. The van der Waals surface area contributed by atoms with E-state index in [-0.39, 0.29) is 11.1 Å². The molecule has 0 aromatic carbocycles. The van der Waals surface area contributed by atoms with E-state index in [2.05, 4.69) is 0 Å². The van der Waals surface area contributed by atoms with Gasteiger partial charge in [0.05, 0.1) is 5.41 Å². The number of hydroxylamine groups is 2. The van der Waals surface area contributed by atoms with E-state index in [0.717, 1.165) is 31.7 Å². The lowest BCUT2D eigenvalue weighted by Gasteiger charge is -2.31. The average molecular weight is 273 g/mol. The molecule has 0 spiro atoms. The third-order valence-corrected chi connectivity index (χ3v) is 3.96. The largest absolute Gasteiger partial charge is 0.367 e. The lowest BCUT2D eigenvalue weighted by atomic mass is 9.97. The molecule has 0 aliphatic carbocycles. The third kappa shape index (κ3) is 5.40. The Morgan fingerprint density at radius 2 is 1.83 bits per heavy atom. The minimum Gasteiger partial charge on any atom is -0.367 e. The Hall–Kier alpha value is -0.550. The van der Waals surface area contributed by atoms with E-state index >= 15 is 0 Å². The smallest absolute Gasteiger partial charge is 0.330 e. The van der Waals surface area contributed by atoms with Gasteiger partial charge < -0.3 is 4.84 Å². The second-order valence-corrected chi connectivity index (χ2v) is 7.00. The first-order chi connectivity index (χ1) is 8.29. The lowest BCUT2D eigenvalue weighted by Crippen LogP contribution is -2.39. The molecule has 0 aromatic rings. The Labute approximate surface area is 113 Å². The van der Waals surface area contributed by atoms with Crippen LogP contribution in [0.4, 0.5) is 0 Å². The summed E-state index contributed by atoms with van der Waals surface area (Å²) in [6.07, 6.45) is 1.97. The molecule has 1 aliphatic heterocycles. The van der Waals surface area contributed by atoms with Gasteiger partial charge in [0.25, 0.3) is 0 Å². The van der Waals surface area contributed by atoms with Crippen LogP contribution in [0.5, 0.6) is 0 Å². The quantitative estimate of drug-likeness (QED) is 0.790. The van der Waals surface area contributed by atoms with E-state index in [9.17, 15) is 9.59 Å². The summed E-state index contributed by atoms with van der Waals surface area (Å²) in [5.74, 6) is 1.26. The van der Waals surface area contributed by atoms with Gasteiger partial charge in [-0.1, -0.05) is 11.8 Å². The van der Waals surface area contributed by atoms with Crippen molar-refractivity contribution in [3.05, 3.63) is 0 Å². The fourth-order valence-corrected chi connectivity index (χ4v) is 2.46. The molecule has 1 heterocycles. The fraction of sp³-hybridized carbons (Fsp3) is 0.846. The average Bonchev–Trinajstić information content (AvgIpc) is 2.26. The molecule has 0 atom stereocenters. The zero-order valence-electron chi connectivity index (χ0n) is 11.7. The normalized spacial score (nSPS) is 18.7. The molecule has 0 unspecified atom stereocenters. The Morgan fingerprint density at radius 1 is 1.28 bits per heavy atom. The molecule has 4 nitrogen and oxygen atoms in total. The highest BCUT2D eigenvalue weighted by Crippen LogP contribution is 2.23. The first-order valence-electron chi connectivity index (χ1n) is 6.39. The molecule has 0 amide bonds.